The van der Waals surface area contributed by atoms with E-state index in [1.54, 1.807) is 0 Å². The van der Waals surface area contributed by atoms with E-state index in [1.807, 2.05) is 18.2 Å². The molecule has 0 saturated heterocycles. The van der Waals surface area contributed by atoms with Crippen molar-refractivity contribution in [3.05, 3.63) is 41.7 Å². The minimum Gasteiger partial charge on any atom is -0.240 e. The molecule has 2 aromatic rings. The van der Waals surface area contributed by atoms with Crippen molar-refractivity contribution in [1.29, 1.82) is 0 Å². The lowest BCUT2D eigenvalue weighted by molar-refractivity contribution is 0.0717. The smallest absolute Gasteiger partial charge is 0.181 e. The van der Waals surface area contributed by atoms with Gasteiger partial charge in [-0.05, 0) is 35.3 Å². The zero-order valence-corrected chi connectivity index (χ0v) is 8.84. The van der Waals surface area contributed by atoms with E-state index in [4.69, 9.17) is 0 Å². The number of nitrogens with zero attached hydrogens (tertiary/aromatic N) is 3. The number of nitrogens with one attached hydrogen (secondary N) is 1. The zero-order valence-electron chi connectivity index (χ0n) is 8.84. The third-order valence-corrected chi connectivity index (χ3v) is 2.44. The van der Waals surface area contributed by atoms with Crippen LogP contribution in [0, 0.1) is 0 Å². The largest absolute Gasteiger partial charge is 0.240 e. The first kappa shape index (κ1) is 10.8. The van der Waals surface area contributed by atoms with Crippen LogP contribution in [0.25, 0.3) is 0 Å². The first-order valence-electron chi connectivity index (χ1n) is 5.29. The average molecular weight is 217 g/mol. The predicted molar refractivity (Wildman–Crippen MR) is 57.0 cm³/mol. The van der Waals surface area contributed by atoms with Crippen LogP contribution in [0.4, 0.5) is 0 Å². The Morgan fingerprint density at radius 2 is 2.06 bits per heavy atom. The van der Waals surface area contributed by atoms with E-state index in [9.17, 15) is 5.11 Å². The van der Waals surface area contributed by atoms with Crippen molar-refractivity contribution >= 4 is 0 Å². The number of aromatic nitrogens is 4. The summed E-state index contributed by atoms with van der Waals surface area (Å²) < 4.78 is 0. The van der Waals surface area contributed by atoms with Gasteiger partial charge in [-0.25, -0.2) is 10.2 Å². The Hall–Kier alpha value is -1.75. The lowest BCUT2D eigenvalue weighted by Crippen LogP contribution is -1.99. The van der Waals surface area contributed by atoms with E-state index in [0.29, 0.717) is 12.2 Å². The van der Waals surface area contributed by atoms with Crippen molar-refractivity contribution in [3.63, 3.8) is 0 Å². The highest BCUT2D eigenvalue weighted by Gasteiger charge is 2.12. The molecule has 2 rings (SSSR count). The zero-order chi connectivity index (χ0) is 11.2. The van der Waals surface area contributed by atoms with E-state index in [-0.39, 0.29) is 0 Å². The maximum absolute atomic E-state index is 11.6. The highest BCUT2D eigenvalue weighted by Crippen LogP contribution is 2.15. The number of benzene rings is 1. The summed E-state index contributed by atoms with van der Waals surface area (Å²) in [7, 11) is 0. The molecular weight excluding hydrogens is 204 g/mol. The number of H-pyrrole nitrogens is 1. The Balaban J connectivity index is 1.76. The lowest BCUT2D eigenvalue weighted by Gasteiger charge is -2.04. The van der Waals surface area contributed by atoms with Gasteiger partial charge in [-0.2, -0.15) is 0 Å². The Morgan fingerprint density at radius 3 is 2.75 bits per heavy atom. The molecule has 0 aliphatic heterocycles. The quantitative estimate of drug-likeness (QED) is 0.828. The molecule has 0 aliphatic rings. The molecule has 1 atom stereocenters. The van der Waals surface area contributed by atoms with Crippen LogP contribution in [-0.2, 0) is 11.5 Å². The molecule has 0 amide bonds. The molecule has 5 nitrogen and oxygen atoms in total. The number of rotatable bonds is 5. The van der Waals surface area contributed by atoms with Gasteiger partial charge >= 0.3 is 0 Å². The van der Waals surface area contributed by atoms with Crippen LogP contribution in [0.3, 0.4) is 0 Å². The average Bonchev–Trinajstić information content (AvgIpc) is 2.84. The van der Waals surface area contributed by atoms with Gasteiger partial charge in [-0.1, -0.05) is 30.3 Å². The van der Waals surface area contributed by atoms with Crippen LogP contribution < -0.4 is 0 Å². The van der Waals surface area contributed by atoms with Crippen LogP contribution in [0.2, 0.25) is 0 Å². The van der Waals surface area contributed by atoms with Crippen LogP contribution in [-0.4, -0.2) is 20.6 Å². The van der Waals surface area contributed by atoms with Gasteiger partial charge in [0, 0.05) is 0 Å². The molecule has 0 fully saturated rings. The maximum atomic E-state index is 11.6. The second-order valence-corrected chi connectivity index (χ2v) is 3.65. The van der Waals surface area contributed by atoms with Crippen LogP contribution in [0.1, 0.15) is 30.3 Å². The minimum atomic E-state index is -0.848. The summed E-state index contributed by atoms with van der Waals surface area (Å²) in [6, 6.07) is 10.1. The molecule has 0 saturated carbocycles. The molecule has 5 heteroatoms. The Bertz CT molecular complexity index is 401. The number of tetrazole rings is 1. The van der Waals surface area contributed by atoms with Gasteiger partial charge in [0.25, 0.3) is 0 Å². The lowest BCUT2D eigenvalue weighted by atomic mass is 10.1. The highest BCUT2D eigenvalue weighted by atomic mass is 16.3. The summed E-state index contributed by atoms with van der Waals surface area (Å²) in [6.07, 6.45) is 1.46. The third kappa shape index (κ3) is 2.87. The molecule has 1 aromatic heterocycles. The second-order valence-electron chi connectivity index (χ2n) is 3.65. The number of aryl methyl sites for hydroxylation is 1. The fourth-order valence-electron chi connectivity index (χ4n) is 1.58. The summed E-state index contributed by atoms with van der Waals surface area (Å²) >= 11 is 0. The maximum Gasteiger partial charge on any atom is 0.181 e. The first-order valence-corrected chi connectivity index (χ1v) is 5.29. The van der Waals surface area contributed by atoms with Gasteiger partial charge in [-0.3, -0.25) is 0 Å². The number of hydrogen-bond acceptors (Lipinski definition) is 3. The third-order valence-electron chi connectivity index (χ3n) is 2.44. The van der Waals surface area contributed by atoms with E-state index >= 15 is 0 Å². The topological polar surface area (TPSA) is 74.4 Å². The Kier molecular flexibility index (Phi) is 3.61. The van der Waals surface area contributed by atoms with E-state index in [1.165, 1.54) is 5.56 Å². The predicted octanol–water partition coefficient (Wildman–Crippen LogP) is 1.69. The molecule has 0 bridgehead atoms. The fourth-order valence-corrected chi connectivity index (χ4v) is 1.58. The van der Waals surface area contributed by atoms with Crippen LogP contribution in [0.5, 0.6) is 0 Å². The molecule has 1 heterocycles. The minimum absolute atomic E-state index is 0.327. The number of aromatic amines is 1. The summed E-state index contributed by atoms with van der Waals surface area (Å²) in [6.45, 7) is 0. The van der Waals surface area contributed by atoms with E-state index in [0.717, 1.165) is 12.8 Å². The summed E-state index contributed by atoms with van der Waals surface area (Å²) in [4.78, 5) is 0. The molecule has 0 spiro atoms. The second kappa shape index (κ2) is 5.37. The van der Waals surface area contributed by atoms with Crippen molar-refractivity contribution in [1.82, 2.24) is 20.6 Å². The van der Waals surface area contributed by atoms with Gasteiger partial charge in [0.1, 0.15) is 0 Å². The highest BCUT2D eigenvalue weighted by molar-refractivity contribution is 5.14. The molecule has 1 aromatic carbocycles. The SMILES string of the molecule is [O]C(CCCc1ccccc1)c1nnn[nH]1. The van der Waals surface area contributed by atoms with Gasteiger partial charge in [0.05, 0.1) is 0 Å². The van der Waals surface area contributed by atoms with Crippen LogP contribution >= 0.6 is 0 Å². The summed E-state index contributed by atoms with van der Waals surface area (Å²) in [5.74, 6) is 0.327. The normalized spacial score (nSPS) is 12.6. The van der Waals surface area contributed by atoms with Crippen molar-refractivity contribution < 1.29 is 5.11 Å². The molecule has 1 N–H and O–H groups in total. The monoisotopic (exact) mass is 217 g/mol. The molecule has 1 unspecified atom stereocenters. The van der Waals surface area contributed by atoms with Crippen molar-refractivity contribution in [2.75, 3.05) is 0 Å². The molecule has 16 heavy (non-hydrogen) atoms. The molecule has 0 aliphatic carbocycles. The molecule has 1 radical (unpaired) electrons. The number of hydrogen-bond donors (Lipinski definition) is 1. The Labute approximate surface area is 93.5 Å². The summed E-state index contributed by atoms with van der Waals surface area (Å²) in [5.41, 5.74) is 1.25. The van der Waals surface area contributed by atoms with Gasteiger partial charge in [0.2, 0.25) is 0 Å². The van der Waals surface area contributed by atoms with Gasteiger partial charge in [0.15, 0.2) is 11.9 Å². The van der Waals surface area contributed by atoms with Crippen molar-refractivity contribution in [3.8, 4) is 0 Å². The molecule has 83 valence electrons. The van der Waals surface area contributed by atoms with Gasteiger partial charge < -0.3 is 0 Å². The standard InChI is InChI=1S/C11H13N4O/c16-10(11-12-14-15-13-11)8-4-7-9-5-2-1-3-6-9/h1-3,5-6,10H,4,7-8H2,(H,12,13,14,15). The van der Waals surface area contributed by atoms with Crippen molar-refractivity contribution in [2.45, 2.75) is 25.4 Å². The van der Waals surface area contributed by atoms with E-state index in [2.05, 4.69) is 32.8 Å². The Morgan fingerprint density at radius 1 is 1.25 bits per heavy atom. The molecular formula is C11H13N4O. The van der Waals surface area contributed by atoms with Crippen LogP contribution in [0.15, 0.2) is 30.3 Å². The summed E-state index contributed by atoms with van der Waals surface area (Å²) in [5, 5.41) is 24.5. The van der Waals surface area contributed by atoms with Crippen molar-refractivity contribution in [2.24, 2.45) is 0 Å². The van der Waals surface area contributed by atoms with E-state index < -0.39 is 6.10 Å². The fraction of sp³-hybridized carbons (Fsp3) is 0.364. The first-order chi connectivity index (χ1) is 7.86. The van der Waals surface area contributed by atoms with Gasteiger partial charge in [-0.15, -0.1) is 5.10 Å².